The number of aromatic nitrogens is 2. The number of methoxy groups -OCH3 is 2. The molecule has 15 heavy (non-hydrogen) atoms. The fraction of sp³-hybridized carbons (Fsp3) is 0.333. The van der Waals surface area contributed by atoms with Gasteiger partial charge in [-0.1, -0.05) is 0 Å². The zero-order valence-electron chi connectivity index (χ0n) is 8.37. The van der Waals surface area contributed by atoms with E-state index in [1.807, 2.05) is 0 Å². The molecule has 0 fully saturated rings. The van der Waals surface area contributed by atoms with Gasteiger partial charge >= 0.3 is 89.7 Å². The Morgan fingerprint density at radius 1 is 1.27 bits per heavy atom. The smallest absolute Gasteiger partial charge is 1.00 e. The standard InChI is InChI=1S/C6H7N2O2.3HI.Li.V/c1-9-5-3-4-7-6(8-5)10-2;;;;;/h4H,1-2H3;3*1H;;/q-1;;;;+1;+3/p-3. The van der Waals surface area contributed by atoms with Crippen LogP contribution < -0.4 is 28.3 Å². The van der Waals surface area contributed by atoms with Crippen LogP contribution in [0.3, 0.4) is 0 Å². The third kappa shape index (κ3) is 12.3. The molecule has 0 spiro atoms. The molecule has 0 aromatic carbocycles. The van der Waals surface area contributed by atoms with Gasteiger partial charge in [0.25, 0.3) is 0 Å². The van der Waals surface area contributed by atoms with Gasteiger partial charge in [-0.2, -0.15) is 4.98 Å². The Labute approximate surface area is 139 Å². The van der Waals surface area contributed by atoms with Crippen LogP contribution in [0.15, 0.2) is 6.20 Å². The fourth-order valence-corrected chi connectivity index (χ4v) is 0.494. The van der Waals surface area contributed by atoms with Crippen molar-refractivity contribution in [2.24, 2.45) is 0 Å². The molecule has 0 N–H and O–H groups in total. The first kappa shape index (κ1) is 19.4. The maximum Gasteiger partial charge on any atom is 1.00 e. The summed E-state index contributed by atoms with van der Waals surface area (Å²) in [5, 5.41) is 0. The van der Waals surface area contributed by atoms with Gasteiger partial charge < -0.3 is 15.5 Å². The number of hydrogen-bond acceptors (Lipinski definition) is 4. The van der Waals surface area contributed by atoms with Crippen LogP contribution in [-0.4, -0.2) is 24.2 Å². The number of nitrogens with zero attached hydrogens (tertiary/aromatic N) is 2. The van der Waals surface area contributed by atoms with Crippen molar-refractivity contribution in [2.45, 2.75) is 0 Å². The number of ether oxygens (including phenoxy) is 2. The molecule has 0 aliphatic heterocycles. The van der Waals surface area contributed by atoms with Crippen LogP contribution in [0, 0.1) is 6.07 Å². The molecule has 0 aliphatic carbocycles. The summed E-state index contributed by atoms with van der Waals surface area (Å²) in [5.41, 5.74) is 0. The van der Waals surface area contributed by atoms with Crippen LogP contribution in [0.5, 0.6) is 11.9 Å². The van der Waals surface area contributed by atoms with Crippen molar-refractivity contribution in [3.05, 3.63) is 12.3 Å². The van der Waals surface area contributed by atoms with Crippen molar-refractivity contribution in [1.82, 2.24) is 9.97 Å². The van der Waals surface area contributed by atoms with Crippen molar-refractivity contribution in [1.29, 1.82) is 0 Å². The van der Waals surface area contributed by atoms with E-state index in [2.05, 4.69) is 76.0 Å². The average molecular weight is 578 g/mol. The molecule has 1 heterocycles. The van der Waals surface area contributed by atoms with Gasteiger partial charge in [0.15, 0.2) is 0 Å². The molecule has 1 aromatic heterocycles. The van der Waals surface area contributed by atoms with Crippen LogP contribution in [0.25, 0.3) is 0 Å². The summed E-state index contributed by atoms with van der Waals surface area (Å²) in [4.78, 5) is 7.26. The van der Waals surface area contributed by atoms with Crippen molar-refractivity contribution in [3.8, 4) is 11.9 Å². The van der Waals surface area contributed by atoms with Crippen molar-refractivity contribution >= 4 is 59.9 Å². The van der Waals surface area contributed by atoms with Crippen LogP contribution in [0.4, 0.5) is 0 Å². The quantitative estimate of drug-likeness (QED) is 0.281. The van der Waals surface area contributed by atoms with E-state index in [4.69, 9.17) is 9.47 Å². The Balaban J connectivity index is 0. The molecule has 0 unspecified atom stereocenters. The summed E-state index contributed by atoms with van der Waals surface area (Å²) >= 11 is 7.39. The van der Waals surface area contributed by atoms with E-state index < -0.39 is 0 Å². The van der Waals surface area contributed by atoms with Crippen LogP contribution in [0.1, 0.15) is 0 Å². The van der Waals surface area contributed by atoms with Crippen LogP contribution in [-0.2, 0) is 4.92 Å². The van der Waals surface area contributed by atoms with Crippen molar-refractivity contribution in [2.75, 3.05) is 14.2 Å². The summed E-state index contributed by atoms with van der Waals surface area (Å²) < 4.78 is 9.50. The molecule has 0 saturated heterocycles. The minimum Gasteiger partial charge on any atom is 1.00 e. The number of halogens is 3. The zero-order chi connectivity index (χ0) is 11.0. The first-order chi connectivity index (χ1) is 6.60. The van der Waals surface area contributed by atoms with Gasteiger partial charge in [-0.15, -0.1) is 6.20 Å². The molecule has 4 nitrogen and oxygen atoms in total. The van der Waals surface area contributed by atoms with Gasteiger partial charge in [-0.3, -0.25) is 0 Å². The van der Waals surface area contributed by atoms with Gasteiger partial charge in [0.2, 0.25) is 0 Å². The van der Waals surface area contributed by atoms with Crippen molar-refractivity contribution in [3.63, 3.8) is 0 Å². The van der Waals surface area contributed by atoms with E-state index in [1.54, 1.807) is 0 Å². The second-order valence-corrected chi connectivity index (χ2v) is 37.1. The first-order valence-electron chi connectivity index (χ1n) is 3.20. The fourth-order valence-electron chi connectivity index (χ4n) is 0.494. The Morgan fingerprint density at radius 3 is 2.20 bits per heavy atom. The molecule has 0 bridgehead atoms. The Bertz CT molecular complexity index is 248. The molecule has 9 heteroatoms. The maximum atomic E-state index is 4.77. The van der Waals surface area contributed by atoms with Gasteiger partial charge in [-0.25, -0.2) is 4.98 Å². The average Bonchev–Trinajstić information content (AvgIpc) is 2.17. The topological polar surface area (TPSA) is 44.2 Å². The molecule has 0 atom stereocenters. The largest absolute Gasteiger partial charge is 1.00 e. The third-order valence-electron chi connectivity index (χ3n) is 0.936. The minimum absolute atomic E-state index is 0. The van der Waals surface area contributed by atoms with Gasteiger partial charge in [0, 0.05) is 5.88 Å². The molecule has 0 radical (unpaired) electrons. The molecule has 1 aromatic rings. The predicted octanol–water partition coefficient (Wildman–Crippen LogP) is -0.0474. The summed E-state index contributed by atoms with van der Waals surface area (Å²) in [6.07, 6.45) is 1.45. The molecular weight excluding hydrogens is 571 g/mol. The molecule has 80 valence electrons. The first-order valence-corrected chi connectivity index (χ1v) is 16.7. The van der Waals surface area contributed by atoms with Crippen LogP contribution in [0.2, 0.25) is 0 Å². The Morgan fingerprint density at radius 2 is 1.80 bits per heavy atom. The number of rotatable bonds is 2. The summed E-state index contributed by atoms with van der Waals surface area (Å²) in [5.74, 6) is 0.381. The van der Waals surface area contributed by atoms with E-state index in [0.717, 1.165) is 0 Å². The van der Waals surface area contributed by atoms with Crippen molar-refractivity contribution < 1.29 is 33.3 Å². The molecule has 0 saturated carbocycles. The summed E-state index contributed by atoms with van der Waals surface area (Å²) in [6.45, 7) is 0. The molecular formula is C6H7I3LiN2O2V. The Kier molecular flexibility index (Phi) is 16.2. The number of hydrogen-bond donors (Lipinski definition) is 0. The second-order valence-electron chi connectivity index (χ2n) is 1.70. The van der Waals surface area contributed by atoms with Gasteiger partial charge in [-0.05, 0) is 0 Å². The van der Waals surface area contributed by atoms with E-state index in [0.29, 0.717) is 5.88 Å². The van der Waals surface area contributed by atoms with E-state index >= 15 is 0 Å². The van der Waals surface area contributed by atoms with Crippen LogP contribution >= 0.6 is 59.9 Å². The maximum absolute atomic E-state index is 4.77. The molecule has 1 rings (SSSR count). The normalized spacial score (nSPS) is 8.40. The van der Waals surface area contributed by atoms with Gasteiger partial charge in [0.1, 0.15) is 0 Å². The van der Waals surface area contributed by atoms with E-state index in [1.165, 1.54) is 20.4 Å². The van der Waals surface area contributed by atoms with E-state index in [9.17, 15) is 0 Å². The zero-order valence-corrected chi connectivity index (χ0v) is 16.2. The second kappa shape index (κ2) is 12.5. The summed E-state index contributed by atoms with van der Waals surface area (Å²) in [6, 6.07) is 2.96. The predicted molar refractivity (Wildman–Crippen MR) is 76.0 cm³/mol. The molecule has 0 aliphatic rings. The monoisotopic (exact) mass is 578 g/mol. The Hall–Kier alpha value is 2.05. The minimum atomic E-state index is -0.278. The third-order valence-corrected chi connectivity index (χ3v) is 0.936. The van der Waals surface area contributed by atoms with E-state index in [-0.39, 0.29) is 29.8 Å². The van der Waals surface area contributed by atoms with Gasteiger partial charge in [0.05, 0.1) is 14.2 Å². The summed E-state index contributed by atoms with van der Waals surface area (Å²) in [7, 11) is 3.01. The molecule has 0 amide bonds. The SMILES string of the molecule is COc1[c-]cnc(OC)n1.[I][V]([I])[I].[Li+].